The highest BCUT2D eigenvalue weighted by molar-refractivity contribution is 5.72. The van der Waals surface area contributed by atoms with E-state index in [0.717, 1.165) is 21.5 Å². The van der Waals surface area contributed by atoms with E-state index < -0.39 is 0 Å². The molecule has 78 valence electrons. The number of nitrogens with zero attached hydrogens (tertiary/aromatic N) is 1. The Labute approximate surface area is 88.6 Å². The fourth-order valence-electron chi connectivity index (χ4n) is 1.92. The second-order valence-electron chi connectivity index (χ2n) is 4.05. The van der Waals surface area contributed by atoms with Gasteiger partial charge in [-0.3, -0.25) is 0 Å². The minimum absolute atomic E-state index is 0.0989. The summed E-state index contributed by atoms with van der Waals surface area (Å²) in [5.74, 6) is 0.0989. The molecule has 1 aliphatic heterocycles. The summed E-state index contributed by atoms with van der Waals surface area (Å²) in [6, 6.07) is 1.67. The quantitative estimate of drug-likeness (QED) is 0.660. The Hall–Kier alpha value is -1.64. The van der Waals surface area contributed by atoms with Gasteiger partial charge in [-0.1, -0.05) is 6.07 Å². The van der Waals surface area contributed by atoms with Crippen LogP contribution in [-0.4, -0.2) is 15.9 Å². The number of hydrogen-bond donors (Lipinski definition) is 1. The van der Waals surface area contributed by atoms with Gasteiger partial charge in [0.15, 0.2) is 5.75 Å². The molecule has 1 N–H and O–H groups in total. The van der Waals surface area contributed by atoms with Gasteiger partial charge in [0.25, 0.3) is 0 Å². The minimum atomic E-state index is -0.218. The largest absolute Gasteiger partial charge is 0.502 e. The van der Waals surface area contributed by atoms with Crippen LogP contribution in [0, 0.1) is 18.8 Å². The SMILES string of the molecule is Cc1cc(C)c2c(c1O)[N+](=O)C(C)C=C2. The first-order chi connectivity index (χ1) is 7.02. The fraction of sp³-hybridized carbons (Fsp3) is 0.333. The highest BCUT2D eigenvalue weighted by Crippen LogP contribution is 2.39. The van der Waals surface area contributed by atoms with Gasteiger partial charge in [0.2, 0.25) is 6.04 Å². The average molecular weight is 204 g/mol. The molecule has 0 spiro atoms. The fourth-order valence-corrected chi connectivity index (χ4v) is 1.92. The summed E-state index contributed by atoms with van der Waals surface area (Å²) in [4.78, 5) is 11.8. The number of rotatable bonds is 0. The molecule has 0 aromatic heterocycles. The second kappa shape index (κ2) is 3.19. The Morgan fingerprint density at radius 1 is 1.33 bits per heavy atom. The van der Waals surface area contributed by atoms with Crippen LogP contribution in [-0.2, 0) is 0 Å². The van der Waals surface area contributed by atoms with E-state index in [-0.39, 0.29) is 11.8 Å². The highest BCUT2D eigenvalue weighted by Gasteiger charge is 2.32. The topological polar surface area (TPSA) is 40.3 Å². The molecule has 0 aliphatic carbocycles. The third-order valence-electron chi connectivity index (χ3n) is 2.84. The maximum absolute atomic E-state index is 11.8. The van der Waals surface area contributed by atoms with E-state index in [2.05, 4.69) is 0 Å². The smallest absolute Gasteiger partial charge is 0.305 e. The third kappa shape index (κ3) is 1.35. The summed E-state index contributed by atoms with van der Waals surface area (Å²) in [6.07, 6.45) is 3.75. The molecule has 1 aromatic rings. The van der Waals surface area contributed by atoms with Crippen molar-refractivity contribution in [1.82, 2.24) is 0 Å². The lowest BCUT2D eigenvalue weighted by molar-refractivity contribution is -0.490. The van der Waals surface area contributed by atoms with Crippen molar-refractivity contribution in [1.29, 1.82) is 0 Å². The molecule has 1 atom stereocenters. The van der Waals surface area contributed by atoms with Crippen LogP contribution in [0.25, 0.3) is 6.08 Å². The lowest BCUT2D eigenvalue weighted by atomic mass is 9.97. The van der Waals surface area contributed by atoms with Gasteiger partial charge in [0.1, 0.15) is 0 Å². The summed E-state index contributed by atoms with van der Waals surface area (Å²) in [7, 11) is 0. The molecule has 0 amide bonds. The van der Waals surface area contributed by atoms with Crippen molar-refractivity contribution in [2.75, 3.05) is 0 Å². The van der Waals surface area contributed by atoms with E-state index in [0.29, 0.717) is 5.69 Å². The molecule has 0 bridgehead atoms. The summed E-state index contributed by atoms with van der Waals surface area (Å²) < 4.78 is 0.866. The van der Waals surface area contributed by atoms with Crippen LogP contribution >= 0.6 is 0 Å². The molecule has 3 heteroatoms. The van der Waals surface area contributed by atoms with Gasteiger partial charge in [0.05, 0.1) is 5.56 Å². The molecule has 15 heavy (non-hydrogen) atoms. The molecule has 1 unspecified atom stereocenters. The Morgan fingerprint density at radius 2 is 2.00 bits per heavy atom. The Bertz CT molecular complexity index is 475. The normalized spacial score (nSPS) is 19.1. The maximum atomic E-state index is 11.8. The number of phenols is 1. The van der Waals surface area contributed by atoms with Crippen LogP contribution in [0.2, 0.25) is 0 Å². The van der Waals surface area contributed by atoms with E-state index in [1.54, 1.807) is 6.92 Å². The number of aromatic hydroxyl groups is 1. The van der Waals surface area contributed by atoms with Crippen LogP contribution in [0.3, 0.4) is 0 Å². The summed E-state index contributed by atoms with van der Waals surface area (Å²) in [5.41, 5.74) is 2.99. The van der Waals surface area contributed by atoms with Crippen LogP contribution < -0.4 is 0 Å². The molecule has 3 nitrogen and oxygen atoms in total. The van der Waals surface area contributed by atoms with Crippen molar-refractivity contribution in [3.8, 4) is 5.75 Å². The first-order valence-corrected chi connectivity index (χ1v) is 5.00. The molecule has 1 heterocycles. The molecule has 0 fully saturated rings. The van der Waals surface area contributed by atoms with Crippen molar-refractivity contribution in [2.24, 2.45) is 0 Å². The van der Waals surface area contributed by atoms with Crippen LogP contribution in [0.1, 0.15) is 23.6 Å². The first kappa shape index (κ1) is 9.90. The Kier molecular flexibility index (Phi) is 2.11. The highest BCUT2D eigenvalue weighted by atomic mass is 16.3. The van der Waals surface area contributed by atoms with Gasteiger partial charge in [-0.05, 0) is 37.1 Å². The molecular formula is C12H14NO2+. The predicted octanol–water partition coefficient (Wildman–Crippen LogP) is 2.83. The second-order valence-corrected chi connectivity index (χ2v) is 4.05. The first-order valence-electron chi connectivity index (χ1n) is 5.00. The van der Waals surface area contributed by atoms with Crippen molar-refractivity contribution in [3.05, 3.63) is 33.7 Å². The van der Waals surface area contributed by atoms with Crippen LogP contribution in [0.15, 0.2) is 12.1 Å². The van der Waals surface area contributed by atoms with Crippen molar-refractivity contribution >= 4 is 11.8 Å². The van der Waals surface area contributed by atoms with Gasteiger partial charge in [-0.2, -0.15) is 0 Å². The van der Waals surface area contributed by atoms with Crippen LogP contribution in [0.5, 0.6) is 5.75 Å². The molecule has 1 aliphatic rings. The molecule has 0 saturated heterocycles. The van der Waals surface area contributed by atoms with E-state index in [4.69, 9.17) is 0 Å². The number of phenolic OH excluding ortho intramolecular Hbond substituents is 1. The predicted molar refractivity (Wildman–Crippen MR) is 59.4 cm³/mol. The molecule has 2 rings (SSSR count). The molecular weight excluding hydrogens is 190 g/mol. The van der Waals surface area contributed by atoms with Gasteiger partial charge in [-0.25, -0.2) is 0 Å². The summed E-state index contributed by atoms with van der Waals surface area (Å²) >= 11 is 0. The van der Waals surface area contributed by atoms with E-state index >= 15 is 0 Å². The molecule has 0 saturated carbocycles. The zero-order valence-electron chi connectivity index (χ0n) is 9.11. The van der Waals surface area contributed by atoms with Gasteiger partial charge in [-0.15, -0.1) is 0 Å². The third-order valence-corrected chi connectivity index (χ3v) is 2.84. The molecule has 0 radical (unpaired) electrons. The monoisotopic (exact) mass is 204 g/mol. The zero-order chi connectivity index (χ0) is 11.2. The lowest BCUT2D eigenvalue weighted by Crippen LogP contribution is -2.18. The van der Waals surface area contributed by atoms with Crippen LogP contribution in [0.4, 0.5) is 5.69 Å². The van der Waals surface area contributed by atoms with Crippen molar-refractivity contribution < 1.29 is 9.87 Å². The van der Waals surface area contributed by atoms with Gasteiger partial charge < -0.3 is 5.11 Å². The maximum Gasteiger partial charge on any atom is 0.305 e. The standard InChI is InChI=1S/C12H13NO2/c1-7-6-8(2)12(14)11-10(7)5-4-9(3)13(11)15/h4-6,9H,1-3H3/p+1. The average Bonchev–Trinajstić information content (AvgIpc) is 2.19. The number of nitroso groups, excluding NO2 is 1. The lowest BCUT2D eigenvalue weighted by Gasteiger charge is -2.12. The number of fused-ring (bicyclic) bond motifs is 1. The summed E-state index contributed by atoms with van der Waals surface area (Å²) in [6.45, 7) is 5.56. The number of benzene rings is 1. The van der Waals surface area contributed by atoms with E-state index in [9.17, 15) is 10.0 Å². The number of aryl methyl sites for hydroxylation is 2. The van der Waals surface area contributed by atoms with E-state index in [1.165, 1.54) is 0 Å². The minimum Gasteiger partial charge on any atom is -0.502 e. The van der Waals surface area contributed by atoms with Crippen molar-refractivity contribution in [3.63, 3.8) is 0 Å². The Balaban J connectivity index is 2.78. The Morgan fingerprint density at radius 3 is 2.67 bits per heavy atom. The zero-order valence-corrected chi connectivity index (χ0v) is 9.11. The van der Waals surface area contributed by atoms with Crippen molar-refractivity contribution in [2.45, 2.75) is 26.8 Å². The van der Waals surface area contributed by atoms with Gasteiger partial charge >= 0.3 is 5.69 Å². The summed E-state index contributed by atoms with van der Waals surface area (Å²) in [5, 5.41) is 9.88. The molecule has 1 aromatic carbocycles. The van der Waals surface area contributed by atoms with Gasteiger partial charge in [0, 0.05) is 16.6 Å². The van der Waals surface area contributed by atoms with E-state index in [1.807, 2.05) is 32.1 Å². The number of hydrogen-bond acceptors (Lipinski definition) is 2.